The number of halogens is 1. The number of ether oxygens (including phenoxy) is 7. The summed E-state index contributed by atoms with van der Waals surface area (Å²) in [6.45, 7) is 18.6. The number of aliphatic hydroxyl groups excluding tert-OH is 2. The van der Waals surface area contributed by atoms with Gasteiger partial charge in [0.2, 0.25) is 23.6 Å². The Balaban J connectivity index is 0.539. The van der Waals surface area contributed by atoms with Crippen molar-refractivity contribution in [2.24, 2.45) is 29.6 Å². The number of allylic oxidation sites excluding steroid dienone is 5. The Hall–Kier alpha value is -10.6. The fraction of sp³-hybridized carbons (Fsp3) is 0.577. The number of benzene rings is 2. The summed E-state index contributed by atoms with van der Waals surface area (Å²) in [5.74, 6) is -8.00. The Morgan fingerprint density at radius 3 is 2.15 bits per heavy atom. The lowest BCUT2D eigenvalue weighted by Crippen LogP contribution is -2.60. The molecule has 0 spiro atoms. The Kier molecular flexibility index (Phi) is 36.3. The van der Waals surface area contributed by atoms with Gasteiger partial charge in [0.15, 0.2) is 9.84 Å². The first-order valence-corrected chi connectivity index (χ1v) is 48.2. The molecule has 1 unspecified atom stereocenters. The molecule has 5 aromatic rings. The first kappa shape index (κ1) is 101. The number of Topliss-reactive ketones (excluding diaryl/α,β-unsaturated/α-hetero) is 2. The zero-order valence-electron chi connectivity index (χ0n) is 77.8. The number of hydrogen-bond donors (Lipinski definition) is 6. The summed E-state index contributed by atoms with van der Waals surface area (Å²) in [5, 5.41) is 40.8. The number of ketones is 2. The van der Waals surface area contributed by atoms with E-state index in [0.29, 0.717) is 164 Å². The van der Waals surface area contributed by atoms with Crippen LogP contribution in [0.25, 0.3) is 11.1 Å². The molecule has 2 bridgehead atoms. The number of nitrogens with zero attached hydrogens (tertiary/aromatic N) is 11. The van der Waals surface area contributed by atoms with Gasteiger partial charge in [0, 0.05) is 190 Å². The number of nitrogens with two attached hydrogens (primary N) is 1. The van der Waals surface area contributed by atoms with Gasteiger partial charge in [-0.3, -0.25) is 33.7 Å². The van der Waals surface area contributed by atoms with Crippen molar-refractivity contribution in [1.29, 1.82) is 0 Å². The fourth-order valence-corrected chi connectivity index (χ4v) is 19.6. The van der Waals surface area contributed by atoms with E-state index >= 15 is 4.39 Å². The smallest absolute Gasteiger partial charge is 0.407 e. The number of piperidine rings is 1. The van der Waals surface area contributed by atoms with Crippen LogP contribution in [-0.4, -0.2) is 288 Å². The molecule has 722 valence electrons. The van der Waals surface area contributed by atoms with E-state index in [2.05, 4.69) is 40.5 Å². The number of rotatable bonds is 23. The number of nitrogen functional groups attached to an aromatic ring is 1. The zero-order valence-corrected chi connectivity index (χ0v) is 78.6. The quantitative estimate of drug-likeness (QED) is 0.0154. The number of aromatic nitrogens is 5. The number of carbonyl (C=O) groups is 8. The maximum Gasteiger partial charge on any atom is 0.407 e. The van der Waals surface area contributed by atoms with Crippen molar-refractivity contribution in [2.75, 3.05) is 134 Å². The second kappa shape index (κ2) is 47.6. The van der Waals surface area contributed by atoms with Crippen molar-refractivity contribution >= 4 is 74.8 Å². The molecule has 36 heteroatoms. The number of carbonyl (C=O) groups excluding carboxylic acids is 8. The molecule has 2 aromatic carbocycles. The summed E-state index contributed by atoms with van der Waals surface area (Å²) in [5.41, 5.74) is 10.2. The minimum Gasteiger partial charge on any atom is -0.491 e. The van der Waals surface area contributed by atoms with E-state index in [1.165, 1.54) is 35.2 Å². The van der Waals surface area contributed by atoms with Crippen LogP contribution in [0.2, 0.25) is 0 Å². The predicted molar refractivity (Wildman–Crippen MR) is 493 cm³/mol. The average molecular weight is 1860 g/mol. The van der Waals surface area contributed by atoms with Gasteiger partial charge in [-0.2, -0.15) is 0 Å². The highest BCUT2D eigenvalue weighted by molar-refractivity contribution is 7.91. The number of sulfone groups is 1. The van der Waals surface area contributed by atoms with Gasteiger partial charge < -0.3 is 89.3 Å². The second-order valence-corrected chi connectivity index (χ2v) is 38.4. The molecule has 1 aliphatic carbocycles. The van der Waals surface area contributed by atoms with Crippen LogP contribution in [0, 0.1) is 42.3 Å². The Bertz CT molecular complexity index is 5090. The topological polar surface area (TPSA) is 430 Å². The highest BCUT2D eigenvalue weighted by Crippen LogP contribution is 2.39. The van der Waals surface area contributed by atoms with Gasteiger partial charge in [0.1, 0.15) is 52.9 Å². The van der Waals surface area contributed by atoms with Crippen LogP contribution in [0.3, 0.4) is 0 Å². The first-order chi connectivity index (χ1) is 63.8. The van der Waals surface area contributed by atoms with Crippen molar-refractivity contribution in [3.8, 4) is 16.9 Å². The van der Waals surface area contributed by atoms with E-state index in [4.69, 9.17) is 38.9 Å². The number of nitrogens with one attached hydrogen (secondary N) is 2. The van der Waals surface area contributed by atoms with Crippen molar-refractivity contribution in [3.05, 3.63) is 155 Å². The normalized spacial score (nSPS) is 27.5. The monoisotopic (exact) mass is 1860 g/mol. The largest absolute Gasteiger partial charge is 0.491 e. The molecular formula is C97H131FN14O20S. The molecule has 9 heterocycles. The third-order valence-corrected chi connectivity index (χ3v) is 28.6. The summed E-state index contributed by atoms with van der Waals surface area (Å²) in [4.78, 5) is 143. The third-order valence-electron chi connectivity index (χ3n) is 26.8. The molecular weight excluding hydrogens is 1730 g/mol. The Morgan fingerprint density at radius 2 is 1.44 bits per heavy atom. The van der Waals surface area contributed by atoms with E-state index in [0.717, 1.165) is 28.3 Å². The molecule has 1 saturated carbocycles. The van der Waals surface area contributed by atoms with E-state index in [-0.39, 0.29) is 124 Å². The number of hydrogen-bond acceptors (Lipinski definition) is 29. The first-order valence-electron chi connectivity index (χ1n) is 46.6. The van der Waals surface area contributed by atoms with Crippen molar-refractivity contribution < 1.29 is 99.6 Å². The summed E-state index contributed by atoms with van der Waals surface area (Å²) >= 11 is 0. The Morgan fingerprint density at radius 1 is 0.714 bits per heavy atom. The van der Waals surface area contributed by atoms with Crippen LogP contribution in [0.5, 0.6) is 5.75 Å². The summed E-state index contributed by atoms with van der Waals surface area (Å²) < 4.78 is 85.3. The molecule has 6 aliphatic heterocycles. The van der Waals surface area contributed by atoms with Gasteiger partial charge in [-0.1, -0.05) is 70.2 Å². The third kappa shape index (κ3) is 27.2. The van der Waals surface area contributed by atoms with Crippen molar-refractivity contribution in [2.45, 2.75) is 217 Å². The molecule has 14 atom stereocenters. The molecule has 3 aromatic heterocycles. The fourth-order valence-electron chi connectivity index (χ4n) is 18.3. The molecule has 5 fully saturated rings. The van der Waals surface area contributed by atoms with E-state index < -0.39 is 128 Å². The lowest BCUT2D eigenvalue weighted by molar-refractivity contribution is -0.265. The molecule has 5 amide bonds. The van der Waals surface area contributed by atoms with E-state index in [1.54, 1.807) is 70.6 Å². The number of aliphatic hydroxyl groups is 3. The van der Waals surface area contributed by atoms with Crippen LogP contribution in [0.1, 0.15) is 175 Å². The minimum atomic E-state index is -4.26. The molecule has 34 nitrogen and oxygen atoms in total. The maximum atomic E-state index is 16.0. The summed E-state index contributed by atoms with van der Waals surface area (Å²) in [6.07, 6.45) is 18.5. The van der Waals surface area contributed by atoms with Crippen LogP contribution < -0.4 is 30.9 Å². The molecule has 0 radical (unpaired) electrons. The summed E-state index contributed by atoms with van der Waals surface area (Å²) in [6, 6.07) is 10.4. The molecule has 4 saturated heterocycles. The molecule has 12 rings (SSSR count). The standard InChI is InChI=1S/C97H131FN14O20S/c1-61-15-11-10-12-16-62(2)83(126-8)52-75-23-18-66(6)97(123,132-75)89(117)92(120)112-32-14-13-17-77(112)93(121)130-74(51-78(113)64(4)48-65(5)80(115)53-79(114)63(3)47-61)24-19-68-20-26-82(84(49-68)127-9)131-96(122)106-56-69-54-102-94(103-55-69)110-39-37-108(38-40-110)87(116)30-43-128-44-41-107-33-35-109(36-34-107)95-104-58-73(59-105-95)90(118)100-31-46-133(124,125)85-28-25-76(67(7)88(85)98)91(119)111-42-45-129-81-27-21-70(50-72(81)60-111)71-22-29-86(99)101-57-71/h10-12,15-16,21-22,25,27-29,48,50,54-55,57-59,61,63-64,66,68,74-75,77-78,80,82-84,113,115,123H,13-14,17-20,23-24,26,30-47,49,51-53,56,60H2,1-9H3,(H2,99,101)(H,100,118)(H,106,122)/b12-10+,15-11+,62-16+,65-48+/t61-,63-,64-,66-,68-,74-,75?,77+,78-,80+,82-,83+,84-,97-/m1/s1. The maximum absolute atomic E-state index is 16.0. The van der Waals surface area contributed by atoms with E-state index in [9.17, 15) is 62.1 Å². The van der Waals surface area contributed by atoms with Crippen LogP contribution in [-0.2, 0) is 75.3 Å². The number of pyridine rings is 1. The number of fused-ring (bicyclic) bond motifs is 4. The van der Waals surface area contributed by atoms with Gasteiger partial charge in [-0.05, 0) is 162 Å². The van der Waals surface area contributed by atoms with Gasteiger partial charge in [0.05, 0.1) is 68.0 Å². The predicted octanol–water partition coefficient (Wildman–Crippen LogP) is 8.82. The van der Waals surface area contributed by atoms with Gasteiger partial charge >= 0.3 is 12.1 Å². The highest BCUT2D eigenvalue weighted by Gasteiger charge is 2.53. The van der Waals surface area contributed by atoms with Crippen LogP contribution in [0.15, 0.2) is 126 Å². The SMILES string of the molecule is CO[C@H]1CC2CC[C@@H](C)[C@@](O)(O2)C(=O)C(=O)N2CCCC[C@H]2C(=O)O[C@H](CC[C@@H]2CC[C@@H](OC(=O)NCc3cnc(N4CCN(C(=O)CCOCCN5CCN(c6ncc(C(=O)NCCS(=O)(=O)c7ccc(C(=O)N8CCOc9ccc(-c%10ccc(N)nc%10)cc9C8)c(C)c7F)cn6)CC5)CC4)nc3)[C@H](OC)C2)C[C@@H](O)[C@H](C)/C=C(\C)[C@@H](O)CC(=O)[C@H](C)C[C@H](C)/C=C/C=C/C=C/1C. The minimum absolute atomic E-state index is 0.00927. The lowest BCUT2D eigenvalue weighted by atomic mass is 9.81. The molecule has 133 heavy (non-hydrogen) atoms. The number of anilines is 3. The second-order valence-electron chi connectivity index (χ2n) is 36.4. The number of cyclic esters (lactones) is 1. The van der Waals surface area contributed by atoms with Crippen molar-refractivity contribution in [3.63, 3.8) is 0 Å². The lowest BCUT2D eigenvalue weighted by Gasteiger charge is -2.42. The highest BCUT2D eigenvalue weighted by atomic mass is 32.2. The number of alkyl carbamates (subject to hydrolysis) is 1. The van der Waals surface area contributed by atoms with Crippen LogP contribution >= 0.6 is 0 Å². The average Bonchev–Trinajstić information content (AvgIpc) is 1.70. The number of methoxy groups -OCH3 is 2. The number of amides is 5. The Labute approximate surface area is 777 Å². The number of esters is 1. The van der Waals surface area contributed by atoms with Gasteiger partial charge in [-0.15, -0.1) is 0 Å². The van der Waals surface area contributed by atoms with E-state index in [1.807, 2.05) is 85.2 Å². The van der Waals surface area contributed by atoms with Gasteiger partial charge in [0.25, 0.3) is 23.5 Å². The van der Waals surface area contributed by atoms with Crippen LogP contribution in [0.4, 0.5) is 26.9 Å². The molecule has 7 N–H and O–H groups in total. The van der Waals surface area contributed by atoms with Gasteiger partial charge in [-0.25, -0.2) is 47.3 Å². The zero-order chi connectivity index (χ0) is 95.2. The summed E-state index contributed by atoms with van der Waals surface area (Å²) in [7, 11) is -1.14. The molecule has 7 aliphatic rings. The van der Waals surface area contributed by atoms with Crippen molar-refractivity contribution in [1.82, 2.24) is 55.2 Å². The number of piperazine rings is 2.